The van der Waals surface area contributed by atoms with Crippen LogP contribution in [0.1, 0.15) is 45.4 Å². The normalized spacial score (nSPS) is 30.4. The van der Waals surface area contributed by atoms with E-state index in [-0.39, 0.29) is 22.3 Å². The van der Waals surface area contributed by atoms with Gasteiger partial charge in [0.05, 0.1) is 16.2 Å². The maximum absolute atomic E-state index is 13.2. The van der Waals surface area contributed by atoms with Crippen molar-refractivity contribution < 1.29 is 4.79 Å². The topological polar surface area (TPSA) is 64.0 Å². The second-order valence-corrected chi connectivity index (χ2v) is 10.9. The van der Waals surface area contributed by atoms with Gasteiger partial charge < -0.3 is 5.32 Å². The summed E-state index contributed by atoms with van der Waals surface area (Å²) in [6.07, 6.45) is 9.17. The van der Waals surface area contributed by atoms with Gasteiger partial charge in [-0.1, -0.05) is 30.0 Å². The van der Waals surface area contributed by atoms with E-state index in [1.807, 2.05) is 25.1 Å². The molecule has 2 aromatic rings. The molecule has 6 heteroatoms. The van der Waals surface area contributed by atoms with E-state index in [4.69, 9.17) is 4.98 Å². The van der Waals surface area contributed by atoms with E-state index in [9.17, 15) is 9.59 Å². The molecule has 0 saturated heterocycles. The van der Waals surface area contributed by atoms with Crippen LogP contribution in [0.2, 0.25) is 0 Å². The fourth-order valence-corrected chi connectivity index (χ4v) is 7.28. The zero-order chi connectivity index (χ0) is 20.9. The molecule has 1 N–H and O–H groups in total. The third-order valence-corrected chi connectivity index (χ3v) is 8.31. The Balaban J connectivity index is 1.37. The van der Waals surface area contributed by atoms with Crippen LogP contribution in [0.4, 0.5) is 0 Å². The molecular formula is C24H29N3O2S. The first-order chi connectivity index (χ1) is 14.5. The minimum absolute atomic E-state index is 0.00174. The molecule has 0 spiro atoms. The fourth-order valence-electron chi connectivity index (χ4n) is 6.37. The van der Waals surface area contributed by atoms with Crippen molar-refractivity contribution in [2.75, 3.05) is 0 Å². The second-order valence-electron chi connectivity index (χ2n) is 9.56. The number of benzene rings is 1. The van der Waals surface area contributed by atoms with Crippen molar-refractivity contribution in [2.45, 2.75) is 67.9 Å². The molecule has 1 aromatic heterocycles. The van der Waals surface area contributed by atoms with Gasteiger partial charge in [-0.15, -0.1) is 6.58 Å². The van der Waals surface area contributed by atoms with Gasteiger partial charge in [0.15, 0.2) is 5.16 Å². The highest BCUT2D eigenvalue weighted by molar-refractivity contribution is 8.00. The van der Waals surface area contributed by atoms with E-state index in [0.29, 0.717) is 22.6 Å². The lowest BCUT2D eigenvalue weighted by Gasteiger charge is -2.57. The lowest BCUT2D eigenvalue weighted by atomic mass is 9.53. The van der Waals surface area contributed by atoms with Crippen LogP contribution >= 0.6 is 11.8 Å². The Hall–Kier alpha value is -2.08. The molecular weight excluding hydrogens is 394 g/mol. The van der Waals surface area contributed by atoms with Crippen molar-refractivity contribution >= 4 is 28.6 Å². The van der Waals surface area contributed by atoms with Crippen molar-refractivity contribution in [1.29, 1.82) is 0 Å². The van der Waals surface area contributed by atoms with E-state index in [1.165, 1.54) is 31.0 Å². The number of thioether (sulfide) groups is 1. The number of carbonyl (C=O) groups is 1. The molecule has 1 aromatic carbocycles. The number of hydrogen-bond acceptors (Lipinski definition) is 4. The maximum Gasteiger partial charge on any atom is 0.262 e. The predicted molar refractivity (Wildman–Crippen MR) is 121 cm³/mol. The molecule has 4 aliphatic rings. The Morgan fingerprint density at radius 1 is 1.27 bits per heavy atom. The minimum Gasteiger partial charge on any atom is -0.350 e. The molecule has 4 bridgehead atoms. The largest absolute Gasteiger partial charge is 0.350 e. The zero-order valence-electron chi connectivity index (χ0n) is 17.5. The number of nitrogens with zero attached hydrogens (tertiary/aromatic N) is 2. The van der Waals surface area contributed by atoms with Gasteiger partial charge in [0.1, 0.15) is 0 Å². The number of allylic oxidation sites excluding steroid dienone is 1. The van der Waals surface area contributed by atoms with Gasteiger partial charge in [0, 0.05) is 12.1 Å². The smallest absolute Gasteiger partial charge is 0.262 e. The van der Waals surface area contributed by atoms with Crippen molar-refractivity contribution in [2.24, 2.45) is 17.8 Å². The number of nitrogens with one attached hydrogen (secondary N) is 1. The number of hydrogen-bond donors (Lipinski definition) is 1. The van der Waals surface area contributed by atoms with E-state index in [2.05, 4.69) is 11.9 Å². The van der Waals surface area contributed by atoms with E-state index in [0.717, 1.165) is 37.0 Å². The summed E-state index contributed by atoms with van der Waals surface area (Å²) in [6, 6.07) is 7.36. The summed E-state index contributed by atoms with van der Waals surface area (Å²) in [7, 11) is 0. The lowest BCUT2D eigenvalue weighted by molar-refractivity contribution is -0.126. The van der Waals surface area contributed by atoms with Crippen LogP contribution in [0, 0.1) is 17.8 Å². The van der Waals surface area contributed by atoms with Crippen molar-refractivity contribution in [1.82, 2.24) is 14.9 Å². The Kier molecular flexibility index (Phi) is 5.00. The van der Waals surface area contributed by atoms with Gasteiger partial charge in [0.25, 0.3) is 5.56 Å². The summed E-state index contributed by atoms with van der Waals surface area (Å²) < 4.78 is 1.62. The van der Waals surface area contributed by atoms with Gasteiger partial charge in [-0.2, -0.15) is 0 Å². The predicted octanol–water partition coefficient (Wildman–Crippen LogP) is 4.15. The zero-order valence-corrected chi connectivity index (χ0v) is 18.3. The Bertz CT molecular complexity index is 1020. The number of amides is 1. The molecule has 1 atom stereocenters. The van der Waals surface area contributed by atoms with Gasteiger partial charge in [0.2, 0.25) is 5.91 Å². The first kappa shape index (κ1) is 19.9. The van der Waals surface area contributed by atoms with Crippen LogP contribution in [-0.2, 0) is 11.3 Å². The third kappa shape index (κ3) is 3.49. The summed E-state index contributed by atoms with van der Waals surface area (Å²) in [5.74, 6) is 2.44. The quantitative estimate of drug-likeness (QED) is 0.431. The summed E-state index contributed by atoms with van der Waals surface area (Å²) in [5, 5.41) is 4.30. The van der Waals surface area contributed by atoms with E-state index < -0.39 is 0 Å². The van der Waals surface area contributed by atoms with Gasteiger partial charge in [-0.3, -0.25) is 14.2 Å². The number of para-hydroxylation sites is 1. The fraction of sp³-hybridized carbons (Fsp3) is 0.542. The highest BCUT2D eigenvalue weighted by atomic mass is 32.2. The van der Waals surface area contributed by atoms with Crippen LogP contribution in [-0.4, -0.2) is 26.2 Å². The molecule has 1 heterocycles. The molecule has 4 fully saturated rings. The Morgan fingerprint density at radius 3 is 2.53 bits per heavy atom. The summed E-state index contributed by atoms with van der Waals surface area (Å²) in [5.41, 5.74) is 0.578. The molecule has 158 valence electrons. The van der Waals surface area contributed by atoms with E-state index in [1.54, 1.807) is 16.7 Å². The molecule has 4 aliphatic carbocycles. The highest BCUT2D eigenvalue weighted by Crippen LogP contribution is 2.55. The van der Waals surface area contributed by atoms with Crippen molar-refractivity contribution in [3.63, 3.8) is 0 Å². The highest BCUT2D eigenvalue weighted by Gasteiger charge is 2.51. The van der Waals surface area contributed by atoms with Gasteiger partial charge in [-0.25, -0.2) is 4.98 Å². The van der Waals surface area contributed by atoms with Crippen LogP contribution in [0.25, 0.3) is 10.9 Å². The van der Waals surface area contributed by atoms with Crippen LogP contribution in [0.15, 0.2) is 46.9 Å². The van der Waals surface area contributed by atoms with Crippen LogP contribution in [0.5, 0.6) is 0 Å². The van der Waals surface area contributed by atoms with Gasteiger partial charge >= 0.3 is 0 Å². The summed E-state index contributed by atoms with van der Waals surface area (Å²) in [6.45, 7) is 6.07. The van der Waals surface area contributed by atoms with Crippen LogP contribution in [0.3, 0.4) is 0 Å². The molecule has 0 radical (unpaired) electrons. The monoisotopic (exact) mass is 423 g/mol. The SMILES string of the molecule is C=CCn1c(S[C@@H](C)C(=O)NC23CC4CC(CC(C4)C2)C3)nc2ccccc2c1=O. The summed E-state index contributed by atoms with van der Waals surface area (Å²) >= 11 is 1.37. The van der Waals surface area contributed by atoms with Crippen molar-refractivity contribution in [3.8, 4) is 0 Å². The number of aromatic nitrogens is 2. The maximum atomic E-state index is 13.2. The number of rotatable bonds is 6. The Labute approximate surface area is 181 Å². The summed E-state index contributed by atoms with van der Waals surface area (Å²) in [4.78, 5) is 30.8. The lowest BCUT2D eigenvalue weighted by Crippen LogP contribution is -2.60. The molecule has 4 saturated carbocycles. The molecule has 30 heavy (non-hydrogen) atoms. The number of carbonyl (C=O) groups excluding carboxylic acids is 1. The molecule has 0 aliphatic heterocycles. The number of fused-ring (bicyclic) bond motifs is 1. The molecule has 6 rings (SSSR count). The second kappa shape index (κ2) is 7.56. The first-order valence-electron chi connectivity index (χ1n) is 11.1. The van der Waals surface area contributed by atoms with Gasteiger partial charge in [-0.05, 0) is 75.3 Å². The third-order valence-electron chi connectivity index (χ3n) is 7.22. The molecule has 5 nitrogen and oxygen atoms in total. The van der Waals surface area contributed by atoms with Crippen LogP contribution < -0.4 is 10.9 Å². The van der Waals surface area contributed by atoms with Crippen molar-refractivity contribution in [3.05, 3.63) is 47.3 Å². The first-order valence-corrected chi connectivity index (χ1v) is 11.9. The Morgan fingerprint density at radius 2 is 1.90 bits per heavy atom. The minimum atomic E-state index is -0.317. The average Bonchev–Trinajstić information content (AvgIpc) is 2.69. The van der Waals surface area contributed by atoms with E-state index >= 15 is 0 Å². The standard InChI is InChI=1S/C24H29N3O2S/c1-3-8-27-22(29)19-6-4-5-7-20(19)25-23(27)30-15(2)21(28)26-24-12-16-9-17(13-24)11-18(10-16)14-24/h3-7,15-18H,1,8-14H2,2H3,(H,26,28)/t15-,16?,17?,18?,24?/m0/s1. The molecule has 1 amide bonds. The molecule has 0 unspecified atom stereocenters. The average molecular weight is 424 g/mol.